The van der Waals surface area contributed by atoms with Crippen LogP contribution in [0, 0.1) is 11.3 Å². The summed E-state index contributed by atoms with van der Waals surface area (Å²) in [7, 11) is 0. The van der Waals surface area contributed by atoms with Crippen molar-refractivity contribution in [2.24, 2.45) is 11.3 Å². The smallest absolute Gasteiger partial charge is 0.311 e. The zero-order valence-electron chi connectivity index (χ0n) is 14.3. The molecule has 1 unspecified atom stereocenters. The number of aliphatic hydroxyl groups excluding tert-OH is 1. The average molecular weight is 321 g/mol. The van der Waals surface area contributed by atoms with Crippen molar-refractivity contribution in [2.45, 2.75) is 46.5 Å². The molecule has 1 fully saturated rings. The fraction of sp³-hybridized carbons (Fsp3) is 0.706. The minimum Gasteiger partial charge on any atom is -0.417 e. The fourth-order valence-electron chi connectivity index (χ4n) is 3.38. The molecule has 1 aliphatic heterocycles. The van der Waals surface area contributed by atoms with Gasteiger partial charge in [0.2, 0.25) is 5.89 Å². The summed E-state index contributed by atoms with van der Waals surface area (Å²) in [6.07, 6.45) is 7.08. The summed E-state index contributed by atoms with van der Waals surface area (Å²) in [5.41, 5.74) is -0.212. The summed E-state index contributed by atoms with van der Waals surface area (Å²) in [5.74, 6) is 0.736. The van der Waals surface area contributed by atoms with Gasteiger partial charge in [0.1, 0.15) is 0 Å². The molecule has 0 radical (unpaired) electrons. The van der Waals surface area contributed by atoms with E-state index in [0.29, 0.717) is 31.3 Å². The van der Waals surface area contributed by atoms with E-state index >= 15 is 0 Å². The molecule has 23 heavy (non-hydrogen) atoms. The fourth-order valence-corrected chi connectivity index (χ4v) is 3.38. The first-order valence-corrected chi connectivity index (χ1v) is 8.33. The molecule has 1 amide bonds. The second kappa shape index (κ2) is 7.73. The maximum Gasteiger partial charge on any atom is 0.311 e. The van der Waals surface area contributed by atoms with Gasteiger partial charge in [-0.05, 0) is 32.1 Å². The van der Waals surface area contributed by atoms with E-state index in [4.69, 9.17) is 4.42 Å². The van der Waals surface area contributed by atoms with E-state index in [1.807, 2.05) is 19.1 Å². The van der Waals surface area contributed by atoms with Gasteiger partial charge in [-0.25, -0.2) is 0 Å². The van der Waals surface area contributed by atoms with Crippen LogP contribution in [-0.2, 0) is 6.42 Å². The molecule has 1 aromatic rings. The molecule has 0 bridgehead atoms. The van der Waals surface area contributed by atoms with Crippen molar-refractivity contribution in [1.82, 2.24) is 15.1 Å². The summed E-state index contributed by atoms with van der Waals surface area (Å²) < 4.78 is 5.46. The number of rotatable bonds is 6. The van der Waals surface area contributed by atoms with Gasteiger partial charge in [-0.1, -0.05) is 26.0 Å². The molecule has 0 aliphatic carbocycles. The highest BCUT2D eigenvalue weighted by atomic mass is 16.4. The number of nitrogens with zero attached hydrogens (tertiary/aromatic N) is 3. The van der Waals surface area contributed by atoms with Gasteiger partial charge in [-0.2, -0.15) is 0 Å². The molecular formula is C17H27N3O3. The number of aromatic nitrogens is 2. The molecule has 6 heteroatoms. The summed E-state index contributed by atoms with van der Waals surface area (Å²) in [6, 6.07) is 0. The average Bonchev–Trinajstić information content (AvgIpc) is 3.00. The van der Waals surface area contributed by atoms with E-state index < -0.39 is 0 Å². The zero-order valence-corrected chi connectivity index (χ0v) is 14.3. The van der Waals surface area contributed by atoms with Crippen molar-refractivity contribution in [2.75, 3.05) is 19.7 Å². The number of hydrogen-bond donors (Lipinski definition) is 1. The molecule has 1 N–H and O–H groups in total. The minimum absolute atomic E-state index is 0.0442. The number of hydrogen-bond acceptors (Lipinski definition) is 5. The first-order valence-electron chi connectivity index (χ1n) is 8.33. The Morgan fingerprint density at radius 1 is 1.48 bits per heavy atom. The molecule has 1 aliphatic rings. The van der Waals surface area contributed by atoms with Crippen LogP contribution in [0.1, 0.15) is 56.6 Å². The normalized spacial score (nSPS) is 22.2. The first-order chi connectivity index (χ1) is 11.0. The van der Waals surface area contributed by atoms with Crippen molar-refractivity contribution in [3.8, 4) is 0 Å². The number of amides is 1. The largest absolute Gasteiger partial charge is 0.417 e. The first kappa shape index (κ1) is 17.7. The predicted octanol–water partition coefficient (Wildman–Crippen LogP) is 2.45. The van der Waals surface area contributed by atoms with E-state index in [1.54, 1.807) is 4.90 Å². The summed E-state index contributed by atoms with van der Waals surface area (Å²) in [5, 5.41) is 17.6. The van der Waals surface area contributed by atoms with Crippen molar-refractivity contribution >= 4 is 5.91 Å². The maximum atomic E-state index is 12.6. The van der Waals surface area contributed by atoms with Gasteiger partial charge in [-0.3, -0.25) is 4.79 Å². The number of piperidine rings is 1. The SMILES string of the molecule is C/C=C/Cc1nnc(C(=O)N2CCCC(CO)(CC(C)C)C2)o1. The molecule has 0 spiro atoms. The Hall–Kier alpha value is -1.69. The van der Waals surface area contributed by atoms with Crippen molar-refractivity contribution in [3.63, 3.8) is 0 Å². The van der Waals surface area contributed by atoms with Crippen molar-refractivity contribution < 1.29 is 14.3 Å². The molecule has 0 aromatic carbocycles. The molecule has 2 rings (SSSR count). The quantitative estimate of drug-likeness (QED) is 0.814. The summed E-state index contributed by atoms with van der Waals surface area (Å²) >= 11 is 0. The summed E-state index contributed by atoms with van der Waals surface area (Å²) in [4.78, 5) is 14.4. The Morgan fingerprint density at radius 3 is 2.91 bits per heavy atom. The second-order valence-electron chi connectivity index (χ2n) is 6.86. The summed E-state index contributed by atoms with van der Waals surface area (Å²) in [6.45, 7) is 7.52. The topological polar surface area (TPSA) is 79.5 Å². The predicted molar refractivity (Wildman–Crippen MR) is 86.9 cm³/mol. The van der Waals surface area contributed by atoms with E-state index in [2.05, 4.69) is 24.0 Å². The van der Waals surface area contributed by atoms with E-state index in [9.17, 15) is 9.90 Å². The highest BCUT2D eigenvalue weighted by Gasteiger charge is 2.38. The van der Waals surface area contributed by atoms with Crippen LogP contribution >= 0.6 is 0 Å². The molecular weight excluding hydrogens is 294 g/mol. The van der Waals surface area contributed by atoms with Crippen LogP contribution in [0.2, 0.25) is 0 Å². The lowest BCUT2D eigenvalue weighted by Crippen LogP contribution is -2.48. The lowest BCUT2D eigenvalue weighted by atomic mass is 9.74. The van der Waals surface area contributed by atoms with Crippen molar-refractivity contribution in [1.29, 1.82) is 0 Å². The molecule has 128 valence electrons. The van der Waals surface area contributed by atoms with Crippen LogP contribution in [0.5, 0.6) is 0 Å². The van der Waals surface area contributed by atoms with Gasteiger partial charge in [0, 0.05) is 24.9 Å². The van der Waals surface area contributed by atoms with E-state index in [0.717, 1.165) is 19.3 Å². The third-order valence-corrected chi connectivity index (χ3v) is 4.30. The second-order valence-corrected chi connectivity index (χ2v) is 6.86. The number of likely N-dealkylation sites (tertiary alicyclic amines) is 1. The molecule has 2 heterocycles. The van der Waals surface area contributed by atoms with Crippen LogP contribution in [0.15, 0.2) is 16.6 Å². The zero-order chi connectivity index (χ0) is 16.9. The number of carbonyl (C=O) groups excluding carboxylic acids is 1. The van der Waals surface area contributed by atoms with Crippen molar-refractivity contribution in [3.05, 3.63) is 23.9 Å². The molecule has 0 saturated carbocycles. The molecule has 1 saturated heterocycles. The van der Waals surface area contributed by atoms with Gasteiger partial charge >= 0.3 is 11.8 Å². The Kier molecular flexibility index (Phi) is 5.93. The monoisotopic (exact) mass is 321 g/mol. The van der Waals surface area contributed by atoms with Gasteiger partial charge in [0.05, 0.1) is 6.61 Å². The van der Waals surface area contributed by atoms with Crippen LogP contribution in [0.3, 0.4) is 0 Å². The lowest BCUT2D eigenvalue weighted by Gasteiger charge is -2.42. The Bertz CT molecular complexity index is 553. The van der Waals surface area contributed by atoms with Gasteiger partial charge < -0.3 is 14.4 Å². The van der Waals surface area contributed by atoms with Gasteiger partial charge in [0.25, 0.3) is 0 Å². The Labute approximate surface area is 137 Å². The third kappa shape index (κ3) is 4.41. The minimum atomic E-state index is -0.231. The van der Waals surface area contributed by atoms with E-state index in [-0.39, 0.29) is 23.8 Å². The van der Waals surface area contributed by atoms with Gasteiger partial charge in [-0.15, -0.1) is 10.2 Å². The highest BCUT2D eigenvalue weighted by molar-refractivity contribution is 5.89. The van der Waals surface area contributed by atoms with Gasteiger partial charge in [0.15, 0.2) is 0 Å². The standard InChI is InChI=1S/C17H27N3O3/c1-4-5-7-14-18-19-15(23-14)16(22)20-9-6-8-17(11-20,12-21)10-13(2)3/h4-5,13,21H,6-12H2,1-3H3/b5-4+. The van der Waals surface area contributed by atoms with Crippen LogP contribution in [0.4, 0.5) is 0 Å². The maximum absolute atomic E-state index is 12.6. The number of allylic oxidation sites excluding steroid dienone is 2. The Balaban J connectivity index is 2.08. The molecule has 1 atom stereocenters. The molecule has 1 aromatic heterocycles. The van der Waals surface area contributed by atoms with Crippen LogP contribution < -0.4 is 0 Å². The lowest BCUT2D eigenvalue weighted by molar-refractivity contribution is 0.0140. The van der Waals surface area contributed by atoms with E-state index in [1.165, 1.54) is 0 Å². The van der Waals surface area contributed by atoms with Crippen LogP contribution in [-0.4, -0.2) is 45.8 Å². The number of aliphatic hydroxyl groups is 1. The highest BCUT2D eigenvalue weighted by Crippen LogP contribution is 2.36. The third-order valence-electron chi connectivity index (χ3n) is 4.30. The number of carbonyl (C=O) groups is 1. The Morgan fingerprint density at radius 2 is 2.26 bits per heavy atom. The van der Waals surface area contributed by atoms with Crippen LogP contribution in [0.25, 0.3) is 0 Å². The molecule has 6 nitrogen and oxygen atoms in total.